The maximum Gasteiger partial charge on any atom is 0.0478 e. The molecule has 1 aliphatic rings. The van der Waals surface area contributed by atoms with Crippen LogP contribution >= 0.6 is 0 Å². The van der Waals surface area contributed by atoms with E-state index in [-0.39, 0.29) is 0 Å². The molecule has 1 aliphatic carbocycles. The normalized spacial score (nSPS) is 22.7. The summed E-state index contributed by atoms with van der Waals surface area (Å²) in [6.45, 7) is 5.04. The van der Waals surface area contributed by atoms with Crippen molar-refractivity contribution in [3.63, 3.8) is 0 Å². The summed E-state index contributed by atoms with van der Waals surface area (Å²) in [5.74, 6) is 0.778. The molecule has 1 N–H and O–H groups in total. The summed E-state index contributed by atoms with van der Waals surface area (Å²) in [7, 11) is 0. The second-order valence-electron chi connectivity index (χ2n) is 5.20. The van der Waals surface area contributed by atoms with Crippen LogP contribution in [0.2, 0.25) is 0 Å². The molecule has 1 saturated carbocycles. The minimum absolute atomic E-state index is 0.724. The van der Waals surface area contributed by atoms with E-state index in [1.807, 2.05) is 0 Å². The molecule has 0 aromatic heterocycles. The Bertz CT molecular complexity index is 319. The predicted molar refractivity (Wildman–Crippen MR) is 75.9 cm³/mol. The van der Waals surface area contributed by atoms with Crippen molar-refractivity contribution in [3.05, 3.63) is 35.9 Å². The van der Waals surface area contributed by atoms with Gasteiger partial charge < -0.3 is 10.1 Å². The number of nitrogens with one attached hydrogen (secondary N) is 1. The van der Waals surface area contributed by atoms with Gasteiger partial charge in [0.2, 0.25) is 0 Å². The fourth-order valence-electron chi connectivity index (χ4n) is 2.51. The molecule has 0 unspecified atom stereocenters. The smallest absolute Gasteiger partial charge is 0.0478 e. The number of ether oxygens (including phenoxy) is 1. The zero-order valence-electron chi connectivity index (χ0n) is 11.4. The molecule has 2 rings (SSSR count). The first-order chi connectivity index (χ1) is 8.90. The van der Waals surface area contributed by atoms with Gasteiger partial charge >= 0.3 is 0 Å². The van der Waals surface area contributed by atoms with Crippen LogP contribution in [0.4, 0.5) is 0 Å². The van der Waals surface area contributed by atoms with E-state index in [4.69, 9.17) is 4.74 Å². The van der Waals surface area contributed by atoms with Gasteiger partial charge in [-0.2, -0.15) is 0 Å². The quantitative estimate of drug-likeness (QED) is 0.711. The Kier molecular flexibility index (Phi) is 5.69. The van der Waals surface area contributed by atoms with Crippen molar-refractivity contribution in [1.82, 2.24) is 5.32 Å². The third kappa shape index (κ3) is 4.11. The topological polar surface area (TPSA) is 21.3 Å². The molecule has 0 amide bonds. The standard InChI is InChI=1S/C16H25NO/c1-2-10-18-11-6-9-17-16-12-15(13-16)14-7-4-3-5-8-14/h3-5,7-8,15-17H,2,6,9-13H2,1H3. The van der Waals surface area contributed by atoms with Crippen molar-refractivity contribution in [2.45, 2.75) is 44.6 Å². The van der Waals surface area contributed by atoms with Crippen LogP contribution in [-0.4, -0.2) is 25.8 Å². The highest BCUT2D eigenvalue weighted by atomic mass is 16.5. The van der Waals surface area contributed by atoms with E-state index in [1.54, 1.807) is 0 Å². The van der Waals surface area contributed by atoms with Gasteiger partial charge in [0.15, 0.2) is 0 Å². The van der Waals surface area contributed by atoms with Crippen LogP contribution in [0.25, 0.3) is 0 Å². The van der Waals surface area contributed by atoms with Gasteiger partial charge in [0.25, 0.3) is 0 Å². The van der Waals surface area contributed by atoms with E-state index in [2.05, 4.69) is 42.6 Å². The minimum Gasteiger partial charge on any atom is -0.381 e. The van der Waals surface area contributed by atoms with E-state index in [1.165, 1.54) is 18.4 Å². The minimum atomic E-state index is 0.724. The van der Waals surface area contributed by atoms with Gasteiger partial charge in [-0.1, -0.05) is 37.3 Å². The molecule has 0 aliphatic heterocycles. The fraction of sp³-hybridized carbons (Fsp3) is 0.625. The Morgan fingerprint density at radius 1 is 1.17 bits per heavy atom. The third-order valence-electron chi connectivity index (χ3n) is 3.66. The largest absolute Gasteiger partial charge is 0.381 e. The molecule has 0 bridgehead atoms. The van der Waals surface area contributed by atoms with Crippen LogP contribution in [-0.2, 0) is 4.74 Å². The first kappa shape index (κ1) is 13.6. The van der Waals surface area contributed by atoms with Crippen molar-refractivity contribution in [1.29, 1.82) is 0 Å². The molecule has 1 aromatic rings. The summed E-state index contributed by atoms with van der Waals surface area (Å²) in [6.07, 6.45) is 4.83. The summed E-state index contributed by atoms with van der Waals surface area (Å²) in [6, 6.07) is 11.6. The lowest BCUT2D eigenvalue weighted by molar-refractivity contribution is 0.130. The highest BCUT2D eigenvalue weighted by Crippen LogP contribution is 2.36. The van der Waals surface area contributed by atoms with E-state index < -0.39 is 0 Å². The highest BCUT2D eigenvalue weighted by Gasteiger charge is 2.29. The average Bonchev–Trinajstić information content (AvgIpc) is 2.36. The van der Waals surface area contributed by atoms with E-state index in [0.717, 1.165) is 44.6 Å². The Morgan fingerprint density at radius 3 is 2.67 bits per heavy atom. The van der Waals surface area contributed by atoms with Gasteiger partial charge in [-0.25, -0.2) is 0 Å². The number of hydrogen-bond acceptors (Lipinski definition) is 2. The zero-order valence-corrected chi connectivity index (χ0v) is 11.4. The van der Waals surface area contributed by atoms with Crippen molar-refractivity contribution < 1.29 is 4.74 Å². The molecule has 2 heteroatoms. The summed E-state index contributed by atoms with van der Waals surface area (Å²) in [4.78, 5) is 0. The molecule has 18 heavy (non-hydrogen) atoms. The molecule has 0 spiro atoms. The lowest BCUT2D eigenvalue weighted by Crippen LogP contribution is -2.40. The second kappa shape index (κ2) is 7.55. The second-order valence-corrected chi connectivity index (χ2v) is 5.20. The number of benzene rings is 1. The third-order valence-corrected chi connectivity index (χ3v) is 3.66. The van der Waals surface area contributed by atoms with Crippen molar-refractivity contribution in [2.75, 3.05) is 19.8 Å². The van der Waals surface area contributed by atoms with Crippen LogP contribution in [0, 0.1) is 0 Å². The molecule has 0 atom stereocenters. The van der Waals surface area contributed by atoms with Crippen LogP contribution < -0.4 is 5.32 Å². The lowest BCUT2D eigenvalue weighted by Gasteiger charge is -2.36. The van der Waals surface area contributed by atoms with Gasteiger partial charge in [0.05, 0.1) is 0 Å². The van der Waals surface area contributed by atoms with Crippen LogP contribution in [0.5, 0.6) is 0 Å². The first-order valence-electron chi connectivity index (χ1n) is 7.26. The Labute approximate surface area is 111 Å². The Morgan fingerprint density at radius 2 is 1.94 bits per heavy atom. The molecule has 2 nitrogen and oxygen atoms in total. The molecular formula is C16H25NO. The Balaban J connectivity index is 1.52. The molecule has 1 aromatic carbocycles. The SMILES string of the molecule is CCCOCCCNC1CC(c2ccccc2)C1. The molecule has 0 saturated heterocycles. The first-order valence-corrected chi connectivity index (χ1v) is 7.26. The van der Waals surface area contributed by atoms with Gasteiger partial charge in [0, 0.05) is 19.3 Å². The summed E-state index contributed by atoms with van der Waals surface area (Å²) in [5.41, 5.74) is 1.50. The Hall–Kier alpha value is -0.860. The number of hydrogen-bond donors (Lipinski definition) is 1. The average molecular weight is 247 g/mol. The molecule has 100 valence electrons. The zero-order chi connectivity index (χ0) is 12.6. The maximum absolute atomic E-state index is 5.47. The van der Waals surface area contributed by atoms with Crippen molar-refractivity contribution in [3.8, 4) is 0 Å². The van der Waals surface area contributed by atoms with E-state index >= 15 is 0 Å². The van der Waals surface area contributed by atoms with Crippen LogP contribution in [0.3, 0.4) is 0 Å². The molecule has 0 heterocycles. The molecule has 1 fully saturated rings. The van der Waals surface area contributed by atoms with E-state index in [0.29, 0.717) is 0 Å². The van der Waals surface area contributed by atoms with Crippen LogP contribution in [0.1, 0.15) is 44.1 Å². The van der Waals surface area contributed by atoms with Gasteiger partial charge in [-0.15, -0.1) is 0 Å². The fourth-order valence-corrected chi connectivity index (χ4v) is 2.51. The highest BCUT2D eigenvalue weighted by molar-refractivity contribution is 5.22. The van der Waals surface area contributed by atoms with Crippen molar-refractivity contribution in [2.24, 2.45) is 0 Å². The molecular weight excluding hydrogens is 222 g/mol. The van der Waals surface area contributed by atoms with Crippen LogP contribution in [0.15, 0.2) is 30.3 Å². The molecule has 0 radical (unpaired) electrons. The monoisotopic (exact) mass is 247 g/mol. The maximum atomic E-state index is 5.47. The lowest BCUT2D eigenvalue weighted by atomic mass is 9.76. The summed E-state index contributed by atoms with van der Waals surface area (Å²) < 4.78 is 5.47. The van der Waals surface area contributed by atoms with Gasteiger partial charge in [-0.05, 0) is 43.7 Å². The summed E-state index contributed by atoms with van der Waals surface area (Å²) in [5, 5.41) is 3.62. The predicted octanol–water partition coefficient (Wildman–Crippen LogP) is 3.34. The van der Waals surface area contributed by atoms with E-state index in [9.17, 15) is 0 Å². The van der Waals surface area contributed by atoms with Gasteiger partial charge in [-0.3, -0.25) is 0 Å². The van der Waals surface area contributed by atoms with Gasteiger partial charge in [0.1, 0.15) is 0 Å². The number of rotatable bonds is 8. The van der Waals surface area contributed by atoms with Crippen molar-refractivity contribution >= 4 is 0 Å². The summed E-state index contributed by atoms with van der Waals surface area (Å²) >= 11 is 0.